The highest BCUT2D eigenvalue weighted by Crippen LogP contribution is 2.41. The Morgan fingerprint density at radius 1 is 1.00 bits per heavy atom. The molecule has 2 aliphatic heterocycles. The molecule has 0 spiro atoms. The van der Waals surface area contributed by atoms with Crippen molar-refractivity contribution in [1.82, 2.24) is 4.90 Å². The molecule has 3 aliphatic rings. The molecule has 3 amide bonds. The molecule has 1 atom stereocenters. The fourth-order valence-electron chi connectivity index (χ4n) is 6.44. The summed E-state index contributed by atoms with van der Waals surface area (Å²) in [6.07, 6.45) is 0.700. The van der Waals surface area contributed by atoms with Crippen LogP contribution in [0.15, 0.2) is 48.5 Å². The first-order chi connectivity index (χ1) is 19.1. The molecule has 1 unspecified atom stereocenters. The van der Waals surface area contributed by atoms with E-state index in [4.69, 9.17) is 4.74 Å². The van der Waals surface area contributed by atoms with Gasteiger partial charge in [0, 0.05) is 56.2 Å². The minimum Gasteiger partial charge on any atom is -0.469 e. The van der Waals surface area contributed by atoms with Gasteiger partial charge in [0.25, 0.3) is 0 Å². The predicted octanol–water partition coefficient (Wildman–Crippen LogP) is 5.56. The molecule has 2 aromatic carbocycles. The van der Waals surface area contributed by atoms with Crippen LogP contribution in [0.1, 0.15) is 50.5 Å². The number of hydrogen-bond donors (Lipinski definition) is 0. The lowest BCUT2D eigenvalue weighted by Gasteiger charge is -2.43. The van der Waals surface area contributed by atoms with Gasteiger partial charge in [-0.25, -0.2) is 18.0 Å². The number of alkyl halides is 2. The number of carbonyl (C=O) groups is 3. The number of likely N-dealkylation sites (tertiary alicyclic amines) is 1. The SMILES string of the molecule is COC(=O)C1(CC(=O)N(c2ccccc2)C2CCCC(F)(F)C2)CCN(C(=O)N2CCc3c(F)cccc32)CC1. The van der Waals surface area contributed by atoms with Crippen LogP contribution in [0.5, 0.6) is 0 Å². The number of amides is 3. The standard InChI is InChI=1S/C30H34F3N3O4/c1-40-27(38)29(14-17-34(18-15-29)28(39)35-16-12-23-24(31)10-5-11-25(23)35)20-26(37)36(21-7-3-2-4-8-21)22-9-6-13-30(32,33)19-22/h2-5,7-8,10-11,22H,6,9,12-20H2,1H3. The smallest absolute Gasteiger partial charge is 0.324 e. The molecule has 5 rings (SSSR count). The summed E-state index contributed by atoms with van der Waals surface area (Å²) >= 11 is 0. The number of carbonyl (C=O) groups excluding carboxylic acids is 3. The van der Waals surface area contributed by atoms with E-state index in [1.807, 2.05) is 0 Å². The summed E-state index contributed by atoms with van der Waals surface area (Å²) < 4.78 is 48.1. The van der Waals surface area contributed by atoms with Crippen molar-refractivity contribution in [2.24, 2.45) is 5.41 Å². The average molecular weight is 558 g/mol. The van der Waals surface area contributed by atoms with Crippen molar-refractivity contribution in [2.45, 2.75) is 63.3 Å². The van der Waals surface area contributed by atoms with Crippen molar-refractivity contribution in [3.63, 3.8) is 0 Å². The van der Waals surface area contributed by atoms with Gasteiger partial charge in [0.05, 0.1) is 18.2 Å². The van der Waals surface area contributed by atoms with Crippen LogP contribution < -0.4 is 9.80 Å². The second-order valence-electron chi connectivity index (χ2n) is 11.1. The van der Waals surface area contributed by atoms with E-state index in [0.29, 0.717) is 42.7 Å². The summed E-state index contributed by atoms with van der Waals surface area (Å²) in [7, 11) is 1.26. The highest BCUT2D eigenvalue weighted by molar-refractivity contribution is 5.98. The number of esters is 1. The van der Waals surface area contributed by atoms with Gasteiger partial charge in [-0.2, -0.15) is 0 Å². The summed E-state index contributed by atoms with van der Waals surface area (Å²) in [5, 5.41) is 0. The molecule has 0 bridgehead atoms. The third-order valence-electron chi connectivity index (χ3n) is 8.58. The molecule has 1 saturated heterocycles. The van der Waals surface area contributed by atoms with Gasteiger partial charge < -0.3 is 14.5 Å². The number of hydrogen-bond acceptors (Lipinski definition) is 4. The Balaban J connectivity index is 1.34. The van der Waals surface area contributed by atoms with E-state index < -0.39 is 35.7 Å². The Morgan fingerprint density at radius 3 is 2.40 bits per heavy atom. The average Bonchev–Trinajstić information content (AvgIpc) is 3.38. The summed E-state index contributed by atoms with van der Waals surface area (Å²) in [4.78, 5) is 45.0. The van der Waals surface area contributed by atoms with Crippen LogP contribution in [0.3, 0.4) is 0 Å². The van der Waals surface area contributed by atoms with Crippen molar-refractivity contribution in [2.75, 3.05) is 36.5 Å². The third-order valence-corrected chi connectivity index (χ3v) is 8.58. The number of rotatable bonds is 5. The number of urea groups is 1. The maximum atomic E-state index is 14.4. The van der Waals surface area contributed by atoms with Crippen molar-refractivity contribution >= 4 is 29.3 Å². The number of nitrogens with zero attached hydrogens (tertiary/aromatic N) is 3. The van der Waals surface area contributed by atoms with Gasteiger partial charge in [-0.05, 0) is 56.4 Å². The Labute approximate surface area is 231 Å². The molecular weight excluding hydrogens is 523 g/mol. The van der Waals surface area contributed by atoms with Gasteiger partial charge in [0.15, 0.2) is 0 Å². The van der Waals surface area contributed by atoms with Crippen LogP contribution in [0.25, 0.3) is 0 Å². The molecule has 2 heterocycles. The minimum absolute atomic E-state index is 0.185. The van der Waals surface area contributed by atoms with Crippen molar-refractivity contribution < 1.29 is 32.3 Å². The number of benzene rings is 2. The maximum Gasteiger partial charge on any atom is 0.324 e. The molecule has 0 aromatic heterocycles. The summed E-state index contributed by atoms with van der Waals surface area (Å²) in [6, 6.07) is 12.4. The summed E-state index contributed by atoms with van der Waals surface area (Å²) in [5.41, 5.74) is 0.383. The maximum absolute atomic E-state index is 14.4. The zero-order chi connectivity index (χ0) is 28.5. The lowest BCUT2D eigenvalue weighted by molar-refractivity contribution is -0.158. The van der Waals surface area contributed by atoms with Crippen LogP contribution in [0, 0.1) is 11.2 Å². The first-order valence-electron chi connectivity index (χ1n) is 13.8. The molecule has 10 heteroatoms. The van der Waals surface area contributed by atoms with Gasteiger partial charge in [-0.1, -0.05) is 24.3 Å². The van der Waals surface area contributed by atoms with Gasteiger partial charge in [0.1, 0.15) is 5.82 Å². The van der Waals surface area contributed by atoms with Crippen LogP contribution in [-0.4, -0.2) is 61.5 Å². The van der Waals surface area contributed by atoms with Crippen molar-refractivity contribution in [1.29, 1.82) is 0 Å². The monoisotopic (exact) mass is 557 g/mol. The number of para-hydroxylation sites is 1. The molecule has 214 valence electrons. The predicted molar refractivity (Wildman–Crippen MR) is 144 cm³/mol. The van der Waals surface area contributed by atoms with Gasteiger partial charge in [0.2, 0.25) is 11.8 Å². The molecule has 2 aromatic rings. The molecule has 0 N–H and O–H groups in total. The van der Waals surface area contributed by atoms with Crippen LogP contribution in [0.4, 0.5) is 29.3 Å². The topological polar surface area (TPSA) is 70.2 Å². The highest BCUT2D eigenvalue weighted by Gasteiger charge is 2.48. The lowest BCUT2D eigenvalue weighted by Crippen LogP contribution is -2.53. The molecule has 7 nitrogen and oxygen atoms in total. The van der Waals surface area contributed by atoms with E-state index >= 15 is 0 Å². The van der Waals surface area contributed by atoms with Crippen LogP contribution >= 0.6 is 0 Å². The normalized spacial score (nSPS) is 21.4. The third kappa shape index (κ3) is 5.40. The minimum atomic E-state index is -2.86. The van der Waals surface area contributed by atoms with E-state index in [2.05, 4.69) is 0 Å². The Hall–Kier alpha value is -3.56. The van der Waals surface area contributed by atoms with Gasteiger partial charge in [-0.15, -0.1) is 0 Å². The largest absolute Gasteiger partial charge is 0.469 e. The highest BCUT2D eigenvalue weighted by atomic mass is 19.3. The Bertz CT molecular complexity index is 1260. The molecule has 2 fully saturated rings. The zero-order valence-electron chi connectivity index (χ0n) is 22.6. The van der Waals surface area contributed by atoms with Crippen molar-refractivity contribution in [3.8, 4) is 0 Å². The number of methoxy groups -OCH3 is 1. The number of fused-ring (bicyclic) bond motifs is 1. The van der Waals surface area contributed by atoms with E-state index in [0.717, 1.165) is 0 Å². The van der Waals surface area contributed by atoms with Gasteiger partial charge >= 0.3 is 12.0 Å². The number of piperidine rings is 1. The molecule has 1 saturated carbocycles. The van der Waals surface area contributed by atoms with E-state index in [1.165, 1.54) is 18.1 Å². The fourth-order valence-corrected chi connectivity index (χ4v) is 6.44. The fraction of sp³-hybridized carbons (Fsp3) is 0.500. The quantitative estimate of drug-likeness (QED) is 0.451. The second kappa shape index (κ2) is 11.1. The Morgan fingerprint density at radius 2 is 1.73 bits per heavy atom. The zero-order valence-corrected chi connectivity index (χ0v) is 22.6. The number of ether oxygens (including phenoxy) is 1. The first kappa shape index (κ1) is 28.0. The van der Waals surface area contributed by atoms with Gasteiger partial charge in [-0.3, -0.25) is 14.5 Å². The van der Waals surface area contributed by atoms with E-state index in [-0.39, 0.29) is 50.6 Å². The summed E-state index contributed by atoms with van der Waals surface area (Å²) in [5.74, 6) is -4.17. The second-order valence-corrected chi connectivity index (χ2v) is 11.1. The van der Waals surface area contributed by atoms with Crippen LogP contribution in [-0.2, 0) is 20.7 Å². The lowest BCUT2D eigenvalue weighted by atomic mass is 9.75. The number of halogens is 3. The molecule has 1 aliphatic carbocycles. The van der Waals surface area contributed by atoms with E-state index in [9.17, 15) is 27.6 Å². The van der Waals surface area contributed by atoms with Crippen molar-refractivity contribution in [3.05, 3.63) is 59.9 Å². The van der Waals surface area contributed by atoms with E-state index in [1.54, 1.807) is 52.3 Å². The molecule has 0 radical (unpaired) electrons. The Kier molecular flexibility index (Phi) is 7.79. The first-order valence-corrected chi connectivity index (χ1v) is 13.8. The number of anilines is 2. The van der Waals surface area contributed by atoms with Crippen LogP contribution in [0.2, 0.25) is 0 Å². The molecular formula is C30H34F3N3O4. The summed E-state index contributed by atoms with van der Waals surface area (Å²) in [6.45, 7) is 0.773. The molecule has 40 heavy (non-hydrogen) atoms.